The van der Waals surface area contributed by atoms with E-state index in [0.717, 1.165) is 33.6 Å². The van der Waals surface area contributed by atoms with Gasteiger partial charge in [0.05, 0.1) is 12.1 Å². The first-order chi connectivity index (χ1) is 17.4. The van der Waals surface area contributed by atoms with E-state index in [2.05, 4.69) is 10.6 Å². The van der Waals surface area contributed by atoms with Crippen LogP contribution < -0.4 is 10.6 Å². The molecule has 3 nitrogen and oxygen atoms in total. The molecule has 0 unspecified atom stereocenters. The first-order valence-electron chi connectivity index (χ1n) is 12.1. The number of aryl methyl sites for hydroxylation is 2. The fourth-order valence-corrected chi connectivity index (χ4v) is 4.54. The molecule has 0 aliphatic heterocycles. The predicted octanol–water partition coefficient (Wildman–Crippen LogP) is 8.97. The molecule has 184 valence electrons. The zero-order valence-corrected chi connectivity index (χ0v) is 22.0. The summed E-state index contributed by atoms with van der Waals surface area (Å²) in [7, 11) is 0. The number of carbonyl (C=O) groups is 1. The van der Waals surface area contributed by atoms with E-state index in [9.17, 15) is 4.79 Å². The number of halogens is 2. The van der Waals surface area contributed by atoms with E-state index in [4.69, 9.17) is 23.2 Å². The summed E-state index contributed by atoms with van der Waals surface area (Å²) in [6.07, 6.45) is 0.685. The van der Waals surface area contributed by atoms with Crippen LogP contribution >= 0.6 is 23.2 Å². The lowest BCUT2D eigenvalue weighted by Crippen LogP contribution is -2.20. The van der Waals surface area contributed by atoms with Crippen LogP contribution in [0.3, 0.4) is 0 Å². The second-order valence-electron chi connectivity index (χ2n) is 9.09. The highest BCUT2D eigenvalue weighted by molar-refractivity contribution is 6.31. The summed E-state index contributed by atoms with van der Waals surface area (Å²) in [4.78, 5) is 13.5. The first kappa shape index (κ1) is 25.8. The highest BCUT2D eigenvalue weighted by Crippen LogP contribution is 2.30. The van der Waals surface area contributed by atoms with E-state index < -0.39 is 0 Å². The van der Waals surface area contributed by atoms with Crippen molar-refractivity contribution in [3.05, 3.63) is 129 Å². The van der Waals surface area contributed by atoms with Crippen LogP contribution in [0.2, 0.25) is 10.0 Å². The number of hydrogen-bond acceptors (Lipinski definition) is 3. The number of ketones is 1. The molecule has 0 fully saturated rings. The van der Waals surface area contributed by atoms with Crippen molar-refractivity contribution in [2.75, 3.05) is 10.6 Å². The molecule has 0 saturated carbocycles. The zero-order valence-electron chi connectivity index (χ0n) is 20.5. The van der Waals surface area contributed by atoms with E-state index >= 15 is 0 Å². The van der Waals surface area contributed by atoms with Crippen molar-refractivity contribution in [1.29, 1.82) is 0 Å². The van der Waals surface area contributed by atoms with Crippen LogP contribution in [0.25, 0.3) is 0 Å². The lowest BCUT2D eigenvalue weighted by molar-refractivity contribution is -0.119. The Morgan fingerprint density at radius 2 is 1.03 bits per heavy atom. The van der Waals surface area contributed by atoms with Crippen molar-refractivity contribution in [3.8, 4) is 0 Å². The van der Waals surface area contributed by atoms with E-state index in [1.807, 2.05) is 111 Å². The molecule has 0 bridgehead atoms. The minimum Gasteiger partial charge on any atom is -0.378 e. The molecule has 4 aromatic carbocycles. The summed E-state index contributed by atoms with van der Waals surface area (Å²) in [5.74, 6) is 0.147. The molecule has 2 N–H and O–H groups in total. The SMILES string of the molecule is Cc1ccc(N[C@@H](CC(=O)C[C@H](Nc2ccc(C)c(Cl)c2)c2ccccc2)c2ccccc2)cc1Cl. The van der Waals surface area contributed by atoms with Crippen LogP contribution in [-0.2, 0) is 4.79 Å². The van der Waals surface area contributed by atoms with Gasteiger partial charge in [-0.3, -0.25) is 4.79 Å². The Hall–Kier alpha value is -3.27. The van der Waals surface area contributed by atoms with Crippen LogP contribution in [-0.4, -0.2) is 5.78 Å². The lowest BCUT2D eigenvalue weighted by Gasteiger charge is -2.24. The Balaban J connectivity index is 1.55. The molecule has 4 aromatic rings. The molecule has 0 aliphatic carbocycles. The first-order valence-corrected chi connectivity index (χ1v) is 12.8. The highest BCUT2D eigenvalue weighted by Gasteiger charge is 2.21. The Bertz CT molecular complexity index is 1210. The van der Waals surface area contributed by atoms with Crippen molar-refractivity contribution in [2.24, 2.45) is 0 Å². The molecule has 0 radical (unpaired) electrons. The third-order valence-corrected chi connectivity index (χ3v) is 7.11. The van der Waals surface area contributed by atoms with Gasteiger partial charge in [-0.05, 0) is 60.4 Å². The van der Waals surface area contributed by atoms with Crippen LogP contribution in [0, 0.1) is 13.8 Å². The van der Waals surface area contributed by atoms with Gasteiger partial charge in [-0.2, -0.15) is 0 Å². The number of anilines is 2. The fraction of sp³-hybridized carbons (Fsp3) is 0.194. The average molecular weight is 518 g/mol. The predicted molar refractivity (Wildman–Crippen MR) is 152 cm³/mol. The molecule has 0 amide bonds. The van der Waals surface area contributed by atoms with Crippen molar-refractivity contribution in [2.45, 2.75) is 38.8 Å². The maximum atomic E-state index is 13.5. The summed E-state index contributed by atoms with van der Waals surface area (Å²) in [5.41, 5.74) is 5.91. The summed E-state index contributed by atoms with van der Waals surface area (Å²) >= 11 is 12.7. The molecule has 2 atom stereocenters. The topological polar surface area (TPSA) is 41.1 Å². The molecule has 5 heteroatoms. The van der Waals surface area contributed by atoms with E-state index in [-0.39, 0.29) is 17.9 Å². The van der Waals surface area contributed by atoms with Gasteiger partial charge in [0.1, 0.15) is 5.78 Å². The monoisotopic (exact) mass is 516 g/mol. The summed E-state index contributed by atoms with van der Waals surface area (Å²) in [6, 6.07) is 31.5. The van der Waals surface area contributed by atoms with Gasteiger partial charge in [-0.25, -0.2) is 0 Å². The minimum atomic E-state index is -0.178. The number of hydrogen-bond donors (Lipinski definition) is 2. The molecule has 4 rings (SSSR count). The van der Waals surface area contributed by atoms with Gasteiger partial charge in [0.15, 0.2) is 0 Å². The third-order valence-electron chi connectivity index (χ3n) is 6.29. The zero-order chi connectivity index (χ0) is 25.5. The molecular formula is C31H30Cl2N2O. The van der Waals surface area contributed by atoms with Gasteiger partial charge >= 0.3 is 0 Å². The van der Waals surface area contributed by atoms with Crippen LogP contribution in [0.5, 0.6) is 0 Å². The van der Waals surface area contributed by atoms with Crippen LogP contribution in [0.4, 0.5) is 11.4 Å². The minimum absolute atomic E-state index is 0.147. The van der Waals surface area contributed by atoms with Gasteiger partial charge in [0.2, 0.25) is 0 Å². The van der Waals surface area contributed by atoms with E-state index in [1.54, 1.807) is 0 Å². The molecule has 0 aromatic heterocycles. The third kappa shape index (κ3) is 6.90. The standard InChI is InChI=1S/C31H30Cl2N2O/c1-21-13-15-25(17-28(21)32)34-30(23-9-5-3-6-10-23)19-27(36)20-31(24-11-7-4-8-12-24)35-26-16-14-22(2)29(33)18-26/h3-18,30-31,34-35H,19-20H2,1-2H3/t30-,31-/m0/s1. The fourth-order valence-electron chi connectivity index (χ4n) is 4.18. The Morgan fingerprint density at radius 1 is 0.639 bits per heavy atom. The second kappa shape index (κ2) is 12.1. The van der Waals surface area contributed by atoms with Crippen LogP contribution in [0.1, 0.15) is 47.2 Å². The molecule has 36 heavy (non-hydrogen) atoms. The van der Waals surface area contributed by atoms with Crippen molar-refractivity contribution < 1.29 is 4.79 Å². The maximum absolute atomic E-state index is 13.5. The smallest absolute Gasteiger partial charge is 0.137 e. The Kier molecular flexibility index (Phi) is 8.69. The van der Waals surface area contributed by atoms with E-state index in [0.29, 0.717) is 22.9 Å². The second-order valence-corrected chi connectivity index (χ2v) is 9.90. The lowest BCUT2D eigenvalue weighted by atomic mass is 9.95. The average Bonchev–Trinajstić information content (AvgIpc) is 2.88. The molecule has 0 aliphatic rings. The molecule has 0 heterocycles. The number of Topliss-reactive ketones (excluding diaryl/α,β-unsaturated/α-hetero) is 1. The Morgan fingerprint density at radius 3 is 1.39 bits per heavy atom. The molecule has 0 saturated heterocycles. The van der Waals surface area contributed by atoms with Gasteiger partial charge in [-0.15, -0.1) is 0 Å². The molecule has 0 spiro atoms. The van der Waals surface area contributed by atoms with Crippen molar-refractivity contribution in [3.63, 3.8) is 0 Å². The largest absolute Gasteiger partial charge is 0.378 e. The number of rotatable bonds is 10. The number of carbonyl (C=O) groups excluding carboxylic acids is 1. The van der Waals surface area contributed by atoms with Gasteiger partial charge < -0.3 is 10.6 Å². The molecular weight excluding hydrogens is 487 g/mol. The maximum Gasteiger partial charge on any atom is 0.137 e. The highest BCUT2D eigenvalue weighted by atomic mass is 35.5. The normalized spacial score (nSPS) is 12.6. The van der Waals surface area contributed by atoms with Crippen molar-refractivity contribution in [1.82, 2.24) is 0 Å². The van der Waals surface area contributed by atoms with Crippen molar-refractivity contribution >= 4 is 40.4 Å². The Labute approximate surface area is 223 Å². The van der Waals surface area contributed by atoms with Gasteiger partial charge in [-0.1, -0.05) is 96.0 Å². The number of benzene rings is 4. The summed E-state index contributed by atoms with van der Waals surface area (Å²) in [6.45, 7) is 3.95. The van der Waals surface area contributed by atoms with Crippen LogP contribution in [0.15, 0.2) is 97.1 Å². The van der Waals surface area contributed by atoms with E-state index in [1.165, 1.54) is 0 Å². The van der Waals surface area contributed by atoms with Gasteiger partial charge in [0.25, 0.3) is 0 Å². The summed E-state index contributed by atoms with van der Waals surface area (Å²) < 4.78 is 0. The number of nitrogens with one attached hydrogen (secondary N) is 2. The quantitative estimate of drug-likeness (QED) is 0.221. The van der Waals surface area contributed by atoms with Gasteiger partial charge in [0, 0.05) is 34.3 Å². The summed E-state index contributed by atoms with van der Waals surface area (Å²) in [5, 5.41) is 8.45.